The van der Waals surface area contributed by atoms with Crippen molar-refractivity contribution in [2.75, 3.05) is 32.0 Å². The SMILES string of the molecule is CN1CCC(CNc2ccc(C#N)c(Cl)c2)C1. The number of nitriles is 1. The van der Waals surface area contributed by atoms with Crippen molar-refractivity contribution in [3.63, 3.8) is 0 Å². The number of anilines is 1. The molecule has 1 aliphatic heterocycles. The second-order valence-electron chi connectivity index (χ2n) is 4.60. The molecule has 1 aliphatic rings. The van der Waals surface area contributed by atoms with Gasteiger partial charge in [-0.3, -0.25) is 0 Å². The summed E-state index contributed by atoms with van der Waals surface area (Å²) < 4.78 is 0. The molecule has 0 saturated carbocycles. The van der Waals surface area contributed by atoms with E-state index in [1.54, 1.807) is 6.07 Å². The van der Waals surface area contributed by atoms with Crippen molar-refractivity contribution in [1.82, 2.24) is 4.90 Å². The van der Waals surface area contributed by atoms with E-state index >= 15 is 0 Å². The lowest BCUT2D eigenvalue weighted by atomic mass is 10.1. The van der Waals surface area contributed by atoms with Crippen LogP contribution in [0, 0.1) is 17.2 Å². The molecular formula is C13H16ClN3. The second kappa shape index (κ2) is 5.39. The zero-order valence-corrected chi connectivity index (χ0v) is 10.7. The van der Waals surface area contributed by atoms with Gasteiger partial charge in [-0.05, 0) is 44.1 Å². The summed E-state index contributed by atoms with van der Waals surface area (Å²) in [6.45, 7) is 3.30. The van der Waals surface area contributed by atoms with E-state index in [0.29, 0.717) is 16.5 Å². The van der Waals surface area contributed by atoms with Crippen LogP contribution in [0.15, 0.2) is 18.2 Å². The lowest BCUT2D eigenvalue weighted by molar-refractivity contribution is 0.399. The quantitative estimate of drug-likeness (QED) is 0.895. The first-order valence-corrected chi connectivity index (χ1v) is 6.19. The molecule has 1 fully saturated rings. The Morgan fingerprint density at radius 3 is 3.00 bits per heavy atom. The van der Waals surface area contributed by atoms with Gasteiger partial charge in [-0.15, -0.1) is 0 Å². The van der Waals surface area contributed by atoms with Gasteiger partial charge in [0, 0.05) is 18.8 Å². The number of halogens is 1. The van der Waals surface area contributed by atoms with Crippen LogP contribution < -0.4 is 5.32 Å². The summed E-state index contributed by atoms with van der Waals surface area (Å²) in [5.74, 6) is 0.703. The molecule has 1 aromatic rings. The van der Waals surface area contributed by atoms with E-state index in [4.69, 9.17) is 16.9 Å². The molecule has 17 heavy (non-hydrogen) atoms. The molecule has 0 bridgehead atoms. The second-order valence-corrected chi connectivity index (χ2v) is 5.01. The molecule has 0 radical (unpaired) electrons. The molecule has 0 aliphatic carbocycles. The number of nitrogens with zero attached hydrogens (tertiary/aromatic N) is 2. The third-order valence-electron chi connectivity index (χ3n) is 3.17. The summed E-state index contributed by atoms with van der Waals surface area (Å²) in [6.07, 6.45) is 1.24. The molecular weight excluding hydrogens is 234 g/mol. The van der Waals surface area contributed by atoms with E-state index in [2.05, 4.69) is 23.3 Å². The fourth-order valence-corrected chi connectivity index (χ4v) is 2.39. The van der Waals surface area contributed by atoms with Crippen LogP contribution >= 0.6 is 11.6 Å². The molecule has 90 valence electrons. The maximum absolute atomic E-state index is 8.78. The van der Waals surface area contributed by atoms with Gasteiger partial charge in [-0.1, -0.05) is 11.6 Å². The van der Waals surface area contributed by atoms with Gasteiger partial charge < -0.3 is 10.2 Å². The van der Waals surface area contributed by atoms with Crippen molar-refractivity contribution in [1.29, 1.82) is 5.26 Å². The van der Waals surface area contributed by atoms with E-state index in [0.717, 1.165) is 18.8 Å². The van der Waals surface area contributed by atoms with Gasteiger partial charge in [0.2, 0.25) is 0 Å². The highest BCUT2D eigenvalue weighted by Gasteiger charge is 2.18. The Morgan fingerprint density at radius 1 is 1.59 bits per heavy atom. The van der Waals surface area contributed by atoms with E-state index in [9.17, 15) is 0 Å². The molecule has 0 amide bonds. The van der Waals surface area contributed by atoms with Crippen molar-refractivity contribution < 1.29 is 0 Å². The number of rotatable bonds is 3. The van der Waals surface area contributed by atoms with Gasteiger partial charge in [-0.2, -0.15) is 5.26 Å². The van der Waals surface area contributed by atoms with Crippen molar-refractivity contribution in [2.24, 2.45) is 5.92 Å². The summed E-state index contributed by atoms with van der Waals surface area (Å²) in [7, 11) is 2.15. The van der Waals surface area contributed by atoms with E-state index in [1.807, 2.05) is 12.1 Å². The highest BCUT2D eigenvalue weighted by molar-refractivity contribution is 6.32. The third kappa shape index (κ3) is 3.12. The van der Waals surface area contributed by atoms with Crippen LogP contribution in [-0.4, -0.2) is 31.6 Å². The lowest BCUT2D eigenvalue weighted by Gasteiger charge is -2.13. The van der Waals surface area contributed by atoms with Gasteiger partial charge in [-0.25, -0.2) is 0 Å². The minimum Gasteiger partial charge on any atom is -0.385 e. The maximum atomic E-state index is 8.78. The van der Waals surface area contributed by atoms with E-state index in [-0.39, 0.29) is 0 Å². The highest BCUT2D eigenvalue weighted by atomic mass is 35.5. The van der Waals surface area contributed by atoms with Crippen LogP contribution in [0.25, 0.3) is 0 Å². The zero-order valence-electron chi connectivity index (χ0n) is 9.91. The van der Waals surface area contributed by atoms with Crippen LogP contribution in [0.1, 0.15) is 12.0 Å². The smallest absolute Gasteiger partial charge is 0.101 e. The maximum Gasteiger partial charge on any atom is 0.101 e. The standard InChI is InChI=1S/C13H16ClN3/c1-17-5-4-10(9-17)8-16-12-3-2-11(7-15)13(14)6-12/h2-3,6,10,16H,4-5,8-9H2,1H3. The Labute approximate surface area is 107 Å². The monoisotopic (exact) mass is 249 g/mol. The predicted molar refractivity (Wildman–Crippen MR) is 70.3 cm³/mol. The first kappa shape index (κ1) is 12.2. The van der Waals surface area contributed by atoms with Crippen molar-refractivity contribution in [3.8, 4) is 6.07 Å². The molecule has 1 N–H and O–H groups in total. The van der Waals surface area contributed by atoms with Crippen LogP contribution in [0.5, 0.6) is 0 Å². The fourth-order valence-electron chi connectivity index (χ4n) is 2.17. The number of nitrogens with one attached hydrogen (secondary N) is 1. The summed E-state index contributed by atoms with van der Waals surface area (Å²) in [6, 6.07) is 7.54. The summed E-state index contributed by atoms with van der Waals surface area (Å²) in [5.41, 5.74) is 1.52. The predicted octanol–water partition coefficient (Wildman–Crippen LogP) is 2.58. The van der Waals surface area contributed by atoms with Crippen LogP contribution in [0.2, 0.25) is 5.02 Å². The Hall–Kier alpha value is -1.24. The molecule has 2 rings (SSSR count). The van der Waals surface area contributed by atoms with E-state index < -0.39 is 0 Å². The summed E-state index contributed by atoms with van der Waals surface area (Å²) in [5, 5.41) is 12.7. The van der Waals surface area contributed by atoms with Crippen molar-refractivity contribution in [2.45, 2.75) is 6.42 Å². The van der Waals surface area contributed by atoms with Crippen molar-refractivity contribution >= 4 is 17.3 Å². The first-order chi connectivity index (χ1) is 8.19. The largest absolute Gasteiger partial charge is 0.385 e. The zero-order chi connectivity index (χ0) is 12.3. The minimum atomic E-state index is 0.515. The Morgan fingerprint density at radius 2 is 2.41 bits per heavy atom. The Balaban J connectivity index is 1.91. The lowest BCUT2D eigenvalue weighted by Crippen LogP contribution is -2.19. The fraction of sp³-hybridized carbons (Fsp3) is 0.462. The number of benzene rings is 1. The normalized spacial score (nSPS) is 20.2. The number of hydrogen-bond donors (Lipinski definition) is 1. The highest BCUT2D eigenvalue weighted by Crippen LogP contribution is 2.21. The molecule has 1 atom stereocenters. The Kier molecular flexibility index (Phi) is 3.88. The van der Waals surface area contributed by atoms with Crippen LogP contribution in [0.4, 0.5) is 5.69 Å². The molecule has 0 aromatic heterocycles. The van der Waals surface area contributed by atoms with Gasteiger partial charge in [0.15, 0.2) is 0 Å². The third-order valence-corrected chi connectivity index (χ3v) is 3.49. The molecule has 3 nitrogen and oxygen atoms in total. The molecule has 1 aromatic carbocycles. The number of hydrogen-bond acceptors (Lipinski definition) is 3. The molecule has 1 heterocycles. The van der Waals surface area contributed by atoms with Crippen LogP contribution in [0.3, 0.4) is 0 Å². The van der Waals surface area contributed by atoms with E-state index in [1.165, 1.54) is 13.0 Å². The van der Waals surface area contributed by atoms with Crippen LogP contribution in [-0.2, 0) is 0 Å². The molecule has 4 heteroatoms. The topological polar surface area (TPSA) is 39.1 Å². The van der Waals surface area contributed by atoms with Gasteiger partial charge in [0.25, 0.3) is 0 Å². The molecule has 1 unspecified atom stereocenters. The average molecular weight is 250 g/mol. The van der Waals surface area contributed by atoms with Gasteiger partial charge in [0.1, 0.15) is 6.07 Å². The minimum absolute atomic E-state index is 0.515. The van der Waals surface area contributed by atoms with Gasteiger partial charge in [0.05, 0.1) is 10.6 Å². The Bertz CT molecular complexity index is 439. The molecule has 1 saturated heterocycles. The number of likely N-dealkylation sites (tertiary alicyclic amines) is 1. The first-order valence-electron chi connectivity index (χ1n) is 5.81. The summed E-state index contributed by atoms with van der Waals surface area (Å²) in [4.78, 5) is 2.35. The summed E-state index contributed by atoms with van der Waals surface area (Å²) >= 11 is 5.98. The average Bonchev–Trinajstić information content (AvgIpc) is 2.73. The van der Waals surface area contributed by atoms with Gasteiger partial charge >= 0.3 is 0 Å². The van der Waals surface area contributed by atoms with Crippen molar-refractivity contribution in [3.05, 3.63) is 28.8 Å². The molecule has 0 spiro atoms.